The first-order chi connectivity index (χ1) is 8.58. The van der Waals surface area contributed by atoms with Crippen LogP contribution >= 0.6 is 0 Å². The summed E-state index contributed by atoms with van der Waals surface area (Å²) >= 11 is 0. The molecular formula is C16H17NO. The zero-order valence-electron chi connectivity index (χ0n) is 11.0. The summed E-state index contributed by atoms with van der Waals surface area (Å²) in [4.78, 5) is 16.4. The maximum absolute atomic E-state index is 12.2. The van der Waals surface area contributed by atoms with Gasteiger partial charge >= 0.3 is 0 Å². The van der Waals surface area contributed by atoms with E-state index in [-0.39, 0.29) is 5.78 Å². The number of carbonyl (C=O) groups is 1. The monoisotopic (exact) mass is 239 g/mol. The van der Waals surface area contributed by atoms with Gasteiger partial charge in [-0.25, -0.2) is 0 Å². The van der Waals surface area contributed by atoms with Crippen molar-refractivity contribution in [3.8, 4) is 0 Å². The summed E-state index contributed by atoms with van der Waals surface area (Å²) in [5.41, 5.74) is 5.08. The van der Waals surface area contributed by atoms with E-state index in [1.54, 1.807) is 6.20 Å². The predicted octanol–water partition coefficient (Wildman–Crippen LogP) is 3.43. The summed E-state index contributed by atoms with van der Waals surface area (Å²) in [6, 6.07) is 9.83. The van der Waals surface area contributed by atoms with Gasteiger partial charge in [0.15, 0.2) is 5.78 Å². The van der Waals surface area contributed by atoms with Crippen LogP contribution in [0.25, 0.3) is 0 Å². The highest BCUT2D eigenvalue weighted by Crippen LogP contribution is 2.16. The van der Waals surface area contributed by atoms with Crippen LogP contribution in [-0.2, 0) is 6.42 Å². The molecule has 0 N–H and O–H groups in total. The van der Waals surface area contributed by atoms with Crippen molar-refractivity contribution in [2.45, 2.75) is 27.2 Å². The van der Waals surface area contributed by atoms with Crippen LogP contribution in [0.15, 0.2) is 36.5 Å². The van der Waals surface area contributed by atoms with E-state index in [9.17, 15) is 4.79 Å². The Labute approximate surface area is 108 Å². The van der Waals surface area contributed by atoms with E-state index < -0.39 is 0 Å². The molecule has 0 fully saturated rings. The molecule has 0 saturated heterocycles. The number of pyridine rings is 1. The summed E-state index contributed by atoms with van der Waals surface area (Å²) in [5, 5.41) is 0. The van der Waals surface area contributed by atoms with E-state index in [1.165, 1.54) is 11.1 Å². The standard InChI is InChI=1S/C16H17NO/c1-11-5-4-6-12(2)15(11)9-16(18)14-8-7-13(3)17-10-14/h4-8,10H,9H2,1-3H3. The largest absolute Gasteiger partial charge is 0.294 e. The molecule has 0 amide bonds. The third-order valence-corrected chi connectivity index (χ3v) is 3.22. The van der Waals surface area contributed by atoms with Gasteiger partial charge in [-0.15, -0.1) is 0 Å². The Kier molecular flexibility index (Phi) is 3.56. The number of hydrogen-bond acceptors (Lipinski definition) is 2. The van der Waals surface area contributed by atoms with E-state index in [4.69, 9.17) is 0 Å². The average Bonchev–Trinajstić information content (AvgIpc) is 2.34. The topological polar surface area (TPSA) is 30.0 Å². The highest BCUT2D eigenvalue weighted by atomic mass is 16.1. The minimum atomic E-state index is 0.125. The fourth-order valence-corrected chi connectivity index (χ4v) is 2.02. The molecule has 0 aliphatic carbocycles. The zero-order valence-corrected chi connectivity index (χ0v) is 11.0. The van der Waals surface area contributed by atoms with Crippen molar-refractivity contribution in [1.29, 1.82) is 0 Å². The van der Waals surface area contributed by atoms with Crippen molar-refractivity contribution < 1.29 is 4.79 Å². The second-order valence-corrected chi connectivity index (χ2v) is 4.66. The first-order valence-corrected chi connectivity index (χ1v) is 6.09. The smallest absolute Gasteiger partial charge is 0.168 e. The maximum atomic E-state index is 12.2. The molecule has 1 aromatic heterocycles. The average molecular weight is 239 g/mol. The highest BCUT2D eigenvalue weighted by molar-refractivity contribution is 5.97. The number of Topliss-reactive ketones (excluding diaryl/α,β-unsaturated/α-hetero) is 1. The molecular weight excluding hydrogens is 222 g/mol. The van der Waals surface area contributed by atoms with Crippen molar-refractivity contribution in [1.82, 2.24) is 4.98 Å². The summed E-state index contributed by atoms with van der Waals surface area (Å²) in [5.74, 6) is 0.125. The maximum Gasteiger partial charge on any atom is 0.168 e. The number of hydrogen-bond donors (Lipinski definition) is 0. The number of rotatable bonds is 3. The predicted molar refractivity (Wildman–Crippen MR) is 72.9 cm³/mol. The Morgan fingerprint density at radius 3 is 2.28 bits per heavy atom. The molecule has 0 bridgehead atoms. The van der Waals surface area contributed by atoms with E-state index in [0.29, 0.717) is 12.0 Å². The molecule has 2 rings (SSSR count). The van der Waals surface area contributed by atoms with Crippen LogP contribution in [0.2, 0.25) is 0 Å². The lowest BCUT2D eigenvalue weighted by molar-refractivity contribution is 0.0992. The second-order valence-electron chi connectivity index (χ2n) is 4.66. The van der Waals surface area contributed by atoms with E-state index in [2.05, 4.69) is 4.98 Å². The number of aryl methyl sites for hydroxylation is 3. The number of carbonyl (C=O) groups excluding carboxylic acids is 1. The Morgan fingerprint density at radius 2 is 1.72 bits per heavy atom. The van der Waals surface area contributed by atoms with E-state index in [0.717, 1.165) is 11.3 Å². The van der Waals surface area contributed by atoms with Gasteiger partial charge in [-0.1, -0.05) is 18.2 Å². The molecule has 0 atom stereocenters. The lowest BCUT2D eigenvalue weighted by atomic mass is 9.96. The molecule has 18 heavy (non-hydrogen) atoms. The third kappa shape index (κ3) is 2.65. The zero-order chi connectivity index (χ0) is 13.1. The Hall–Kier alpha value is -1.96. The van der Waals surface area contributed by atoms with Crippen molar-refractivity contribution in [3.05, 3.63) is 64.5 Å². The van der Waals surface area contributed by atoms with Gasteiger partial charge in [0.25, 0.3) is 0 Å². The minimum absolute atomic E-state index is 0.125. The molecule has 0 aliphatic rings. The molecule has 1 heterocycles. The van der Waals surface area contributed by atoms with Crippen molar-refractivity contribution >= 4 is 5.78 Å². The lowest BCUT2D eigenvalue weighted by Gasteiger charge is -2.08. The summed E-state index contributed by atoms with van der Waals surface area (Å²) < 4.78 is 0. The van der Waals surface area contributed by atoms with Gasteiger partial charge < -0.3 is 0 Å². The minimum Gasteiger partial charge on any atom is -0.294 e. The van der Waals surface area contributed by atoms with Crippen molar-refractivity contribution in [2.75, 3.05) is 0 Å². The van der Waals surface area contributed by atoms with Crippen LogP contribution in [0.1, 0.15) is 32.7 Å². The van der Waals surface area contributed by atoms with E-state index in [1.807, 2.05) is 51.1 Å². The van der Waals surface area contributed by atoms with Gasteiger partial charge in [0.1, 0.15) is 0 Å². The fraction of sp³-hybridized carbons (Fsp3) is 0.250. The molecule has 1 aromatic carbocycles. The van der Waals surface area contributed by atoms with Gasteiger partial charge in [-0.3, -0.25) is 9.78 Å². The van der Waals surface area contributed by atoms with Gasteiger partial charge in [0.2, 0.25) is 0 Å². The van der Waals surface area contributed by atoms with Gasteiger partial charge in [-0.05, 0) is 49.6 Å². The number of nitrogens with zero attached hydrogens (tertiary/aromatic N) is 1. The molecule has 0 spiro atoms. The molecule has 0 radical (unpaired) electrons. The van der Waals surface area contributed by atoms with Crippen molar-refractivity contribution in [3.63, 3.8) is 0 Å². The fourth-order valence-electron chi connectivity index (χ4n) is 2.02. The van der Waals surface area contributed by atoms with Crippen LogP contribution in [0.4, 0.5) is 0 Å². The first-order valence-electron chi connectivity index (χ1n) is 6.09. The quantitative estimate of drug-likeness (QED) is 0.768. The number of benzene rings is 1. The first kappa shape index (κ1) is 12.5. The molecule has 0 unspecified atom stereocenters. The van der Waals surface area contributed by atoms with Gasteiger partial charge in [0, 0.05) is 23.9 Å². The Morgan fingerprint density at radius 1 is 1.06 bits per heavy atom. The van der Waals surface area contributed by atoms with Gasteiger partial charge in [0.05, 0.1) is 0 Å². The molecule has 0 aliphatic heterocycles. The number of ketones is 1. The van der Waals surface area contributed by atoms with Crippen LogP contribution in [0.5, 0.6) is 0 Å². The summed E-state index contributed by atoms with van der Waals surface area (Å²) in [6.07, 6.45) is 2.11. The van der Waals surface area contributed by atoms with Crippen LogP contribution in [0, 0.1) is 20.8 Å². The van der Waals surface area contributed by atoms with Crippen LogP contribution in [0.3, 0.4) is 0 Å². The summed E-state index contributed by atoms with van der Waals surface area (Å²) in [7, 11) is 0. The SMILES string of the molecule is Cc1ccc(C(=O)Cc2c(C)cccc2C)cn1. The molecule has 0 saturated carbocycles. The highest BCUT2D eigenvalue weighted by Gasteiger charge is 2.10. The molecule has 2 heteroatoms. The third-order valence-electron chi connectivity index (χ3n) is 3.22. The normalized spacial score (nSPS) is 10.4. The van der Waals surface area contributed by atoms with Crippen LogP contribution < -0.4 is 0 Å². The summed E-state index contributed by atoms with van der Waals surface area (Å²) in [6.45, 7) is 6.01. The Bertz CT molecular complexity index is 550. The van der Waals surface area contributed by atoms with Crippen molar-refractivity contribution in [2.24, 2.45) is 0 Å². The number of aromatic nitrogens is 1. The van der Waals surface area contributed by atoms with E-state index >= 15 is 0 Å². The van der Waals surface area contributed by atoms with Gasteiger partial charge in [-0.2, -0.15) is 0 Å². The molecule has 2 aromatic rings. The molecule has 2 nitrogen and oxygen atoms in total. The van der Waals surface area contributed by atoms with Crippen LogP contribution in [-0.4, -0.2) is 10.8 Å². The molecule has 92 valence electrons. The second kappa shape index (κ2) is 5.13. The Balaban J connectivity index is 2.24. The lowest BCUT2D eigenvalue weighted by Crippen LogP contribution is -2.07.